The third-order valence-corrected chi connectivity index (χ3v) is 3.91. The van der Waals surface area contributed by atoms with Crippen LogP contribution in [0.5, 0.6) is 0 Å². The molecule has 0 heterocycles. The van der Waals surface area contributed by atoms with Gasteiger partial charge < -0.3 is 5.32 Å². The van der Waals surface area contributed by atoms with Gasteiger partial charge in [-0.15, -0.1) is 0 Å². The highest BCUT2D eigenvalue weighted by molar-refractivity contribution is 6.30. The summed E-state index contributed by atoms with van der Waals surface area (Å²) in [6, 6.07) is 12.8. The van der Waals surface area contributed by atoms with E-state index in [4.69, 9.17) is 11.6 Å². The predicted molar refractivity (Wildman–Crippen MR) is 87.4 cm³/mol. The largest absolute Gasteiger partial charge is 0.306 e. The van der Waals surface area contributed by atoms with Crippen molar-refractivity contribution in [3.8, 4) is 0 Å². The zero-order valence-corrected chi connectivity index (χ0v) is 13.4. The smallest absolute Gasteiger partial charge is 0.0409 e. The summed E-state index contributed by atoms with van der Waals surface area (Å²) >= 11 is 6.02. The second-order valence-corrected chi connectivity index (χ2v) is 5.98. The van der Waals surface area contributed by atoms with E-state index >= 15 is 0 Å². The van der Waals surface area contributed by atoms with E-state index in [9.17, 15) is 0 Å². The Hall–Kier alpha value is -1.31. The normalized spacial score (nSPS) is 12.4. The first kappa shape index (κ1) is 15.1. The third kappa shape index (κ3) is 3.62. The molecule has 0 bridgehead atoms. The molecule has 20 heavy (non-hydrogen) atoms. The molecule has 0 saturated heterocycles. The monoisotopic (exact) mass is 287 g/mol. The van der Waals surface area contributed by atoms with Crippen LogP contribution in [0.15, 0.2) is 36.4 Å². The molecule has 106 valence electrons. The number of halogens is 1. The molecule has 0 aliphatic rings. The Morgan fingerprint density at radius 1 is 1.05 bits per heavy atom. The number of aryl methyl sites for hydroxylation is 3. The minimum absolute atomic E-state index is 0.328. The predicted octanol–water partition coefficient (Wildman–Crippen LogP) is 5.12. The van der Waals surface area contributed by atoms with E-state index in [0.717, 1.165) is 11.6 Å². The highest BCUT2D eigenvalue weighted by Crippen LogP contribution is 2.23. The molecule has 0 spiro atoms. The van der Waals surface area contributed by atoms with Gasteiger partial charge >= 0.3 is 0 Å². The first-order valence-electron chi connectivity index (χ1n) is 7.03. The molecule has 1 N–H and O–H groups in total. The molecule has 1 atom stereocenters. The van der Waals surface area contributed by atoms with Crippen molar-refractivity contribution >= 4 is 11.6 Å². The molecule has 2 rings (SSSR count). The van der Waals surface area contributed by atoms with E-state index in [1.54, 1.807) is 0 Å². The van der Waals surface area contributed by atoms with Crippen LogP contribution in [-0.2, 0) is 6.54 Å². The Kier molecular flexibility index (Phi) is 4.85. The summed E-state index contributed by atoms with van der Waals surface area (Å²) in [6.45, 7) is 9.57. The molecular weight excluding hydrogens is 266 g/mol. The van der Waals surface area contributed by atoms with Crippen LogP contribution >= 0.6 is 11.6 Å². The summed E-state index contributed by atoms with van der Waals surface area (Å²) in [5.41, 5.74) is 6.65. The number of nitrogens with one attached hydrogen (secondary N) is 1. The van der Waals surface area contributed by atoms with Crippen molar-refractivity contribution in [3.05, 3.63) is 69.2 Å². The Balaban J connectivity index is 2.11. The Morgan fingerprint density at radius 2 is 1.70 bits per heavy atom. The fraction of sp³-hybridized carbons (Fsp3) is 0.333. The second kappa shape index (κ2) is 6.43. The molecular formula is C18H22ClN. The van der Waals surface area contributed by atoms with Crippen molar-refractivity contribution in [2.75, 3.05) is 0 Å². The van der Waals surface area contributed by atoms with Crippen molar-refractivity contribution in [2.24, 2.45) is 0 Å². The number of rotatable bonds is 4. The first-order valence-corrected chi connectivity index (χ1v) is 7.40. The third-order valence-electron chi connectivity index (χ3n) is 3.67. The molecule has 0 aliphatic carbocycles. The number of hydrogen-bond donors (Lipinski definition) is 1. The van der Waals surface area contributed by atoms with Crippen LogP contribution in [0.1, 0.15) is 40.8 Å². The molecule has 0 aliphatic heterocycles. The molecule has 1 nitrogen and oxygen atoms in total. The maximum absolute atomic E-state index is 6.02. The fourth-order valence-corrected chi connectivity index (χ4v) is 3.11. The van der Waals surface area contributed by atoms with Crippen molar-refractivity contribution in [2.45, 2.75) is 40.3 Å². The Bertz CT molecular complexity index is 581. The van der Waals surface area contributed by atoms with Crippen molar-refractivity contribution in [1.29, 1.82) is 0 Å². The lowest BCUT2D eigenvalue weighted by Gasteiger charge is -2.20. The highest BCUT2D eigenvalue weighted by Gasteiger charge is 2.11. The van der Waals surface area contributed by atoms with Crippen molar-refractivity contribution in [3.63, 3.8) is 0 Å². The summed E-state index contributed by atoms with van der Waals surface area (Å²) in [6.07, 6.45) is 0. The molecule has 0 saturated carbocycles. The summed E-state index contributed by atoms with van der Waals surface area (Å²) in [5, 5.41) is 4.38. The second-order valence-electron chi connectivity index (χ2n) is 5.54. The maximum Gasteiger partial charge on any atom is 0.0409 e. The summed E-state index contributed by atoms with van der Waals surface area (Å²) in [4.78, 5) is 0. The zero-order chi connectivity index (χ0) is 14.7. The molecule has 1 unspecified atom stereocenters. The Labute approximate surface area is 127 Å². The van der Waals surface area contributed by atoms with Crippen LogP contribution in [0, 0.1) is 20.8 Å². The van der Waals surface area contributed by atoms with Gasteiger partial charge in [0.15, 0.2) is 0 Å². The fourth-order valence-electron chi connectivity index (χ4n) is 2.89. The van der Waals surface area contributed by atoms with Crippen LogP contribution in [0.4, 0.5) is 0 Å². The van der Waals surface area contributed by atoms with Crippen LogP contribution in [-0.4, -0.2) is 0 Å². The minimum Gasteiger partial charge on any atom is -0.306 e. The van der Waals surface area contributed by atoms with Gasteiger partial charge in [0.05, 0.1) is 0 Å². The average molecular weight is 288 g/mol. The molecule has 2 aromatic rings. The minimum atomic E-state index is 0.328. The number of benzene rings is 2. The lowest BCUT2D eigenvalue weighted by Crippen LogP contribution is -2.20. The van der Waals surface area contributed by atoms with E-state index in [0.29, 0.717) is 6.04 Å². The van der Waals surface area contributed by atoms with Crippen molar-refractivity contribution in [1.82, 2.24) is 5.32 Å². The van der Waals surface area contributed by atoms with Gasteiger partial charge in [0, 0.05) is 17.6 Å². The van der Waals surface area contributed by atoms with E-state index < -0.39 is 0 Å². The molecule has 0 aromatic heterocycles. The van der Waals surface area contributed by atoms with Gasteiger partial charge in [-0.05, 0) is 62.1 Å². The Morgan fingerprint density at radius 3 is 2.30 bits per heavy atom. The van der Waals surface area contributed by atoms with Gasteiger partial charge in [0.25, 0.3) is 0 Å². The van der Waals surface area contributed by atoms with Gasteiger partial charge in [0.1, 0.15) is 0 Å². The highest BCUT2D eigenvalue weighted by atomic mass is 35.5. The van der Waals surface area contributed by atoms with E-state index in [2.05, 4.69) is 51.2 Å². The van der Waals surface area contributed by atoms with E-state index in [1.165, 1.54) is 27.8 Å². The average Bonchev–Trinajstić information content (AvgIpc) is 2.35. The number of hydrogen-bond acceptors (Lipinski definition) is 1. The van der Waals surface area contributed by atoms with Crippen LogP contribution < -0.4 is 5.32 Å². The first-order chi connectivity index (χ1) is 9.47. The van der Waals surface area contributed by atoms with Gasteiger partial charge in [0.2, 0.25) is 0 Å². The van der Waals surface area contributed by atoms with E-state index in [1.807, 2.05) is 18.2 Å². The summed E-state index contributed by atoms with van der Waals surface area (Å²) in [5.74, 6) is 0. The van der Waals surface area contributed by atoms with Crippen LogP contribution in [0.2, 0.25) is 5.02 Å². The van der Waals surface area contributed by atoms with Gasteiger partial charge in [-0.3, -0.25) is 0 Å². The summed E-state index contributed by atoms with van der Waals surface area (Å²) in [7, 11) is 0. The molecule has 2 aromatic carbocycles. The van der Waals surface area contributed by atoms with Crippen LogP contribution in [0.3, 0.4) is 0 Å². The topological polar surface area (TPSA) is 12.0 Å². The molecule has 0 fully saturated rings. The van der Waals surface area contributed by atoms with Crippen molar-refractivity contribution < 1.29 is 0 Å². The summed E-state index contributed by atoms with van der Waals surface area (Å²) < 4.78 is 0. The maximum atomic E-state index is 6.02. The van der Waals surface area contributed by atoms with Gasteiger partial charge in [-0.2, -0.15) is 0 Å². The van der Waals surface area contributed by atoms with Gasteiger partial charge in [-0.1, -0.05) is 41.4 Å². The molecule has 0 amide bonds. The quantitative estimate of drug-likeness (QED) is 0.823. The van der Waals surface area contributed by atoms with E-state index in [-0.39, 0.29) is 0 Å². The molecule has 0 radical (unpaired) electrons. The molecule has 2 heteroatoms. The zero-order valence-electron chi connectivity index (χ0n) is 12.6. The lowest BCUT2D eigenvalue weighted by atomic mass is 9.95. The lowest BCUT2D eigenvalue weighted by molar-refractivity contribution is 0.569. The standard InChI is InChI=1S/C18H22ClN/c1-12-8-13(2)18(14(3)9-12)15(4)20-11-16-6-5-7-17(19)10-16/h5-10,15,20H,11H2,1-4H3. The van der Waals surface area contributed by atoms with Crippen LogP contribution in [0.25, 0.3) is 0 Å². The SMILES string of the molecule is Cc1cc(C)c(C(C)NCc2cccc(Cl)c2)c(C)c1. The van der Waals surface area contributed by atoms with Gasteiger partial charge in [-0.25, -0.2) is 0 Å².